The maximum atomic E-state index is 11.9. The molecule has 0 spiro atoms. The van der Waals surface area contributed by atoms with Crippen LogP contribution in [0.4, 0.5) is 0 Å². The van der Waals surface area contributed by atoms with Crippen LogP contribution in [-0.4, -0.2) is 41.8 Å². The molecule has 18 heavy (non-hydrogen) atoms. The molecule has 1 rings (SSSR count). The van der Waals surface area contributed by atoms with E-state index in [4.69, 9.17) is 4.74 Å². The highest BCUT2D eigenvalue weighted by molar-refractivity contribution is 9.10. The topological polar surface area (TPSA) is 67.4 Å². The van der Waals surface area contributed by atoms with Crippen molar-refractivity contribution in [2.24, 2.45) is 0 Å². The average molecular weight is 337 g/mol. The van der Waals surface area contributed by atoms with Gasteiger partial charge in [-0.3, -0.25) is 0 Å². The molecule has 2 N–H and O–H groups in total. The summed E-state index contributed by atoms with van der Waals surface area (Å²) in [7, 11) is -1.79. The lowest BCUT2D eigenvalue weighted by molar-refractivity contribution is 0.199. The van der Waals surface area contributed by atoms with Gasteiger partial charge >= 0.3 is 0 Å². The quantitative estimate of drug-likeness (QED) is 0.694. The Bertz CT molecular complexity index is 448. The van der Waals surface area contributed by atoms with Crippen molar-refractivity contribution in [3.05, 3.63) is 28.7 Å². The third kappa shape index (κ3) is 5.45. The number of benzene rings is 1. The van der Waals surface area contributed by atoms with Crippen LogP contribution in [0.3, 0.4) is 0 Å². The molecule has 0 radical (unpaired) electrons. The van der Waals surface area contributed by atoms with Crippen molar-refractivity contribution in [3.8, 4) is 0 Å². The fourth-order valence-corrected chi connectivity index (χ4v) is 2.57. The average Bonchev–Trinajstić information content (AvgIpc) is 2.34. The lowest BCUT2D eigenvalue weighted by atomic mass is 10.4. The number of sulfonamides is 1. The molecule has 7 heteroatoms. The van der Waals surface area contributed by atoms with Gasteiger partial charge in [-0.2, -0.15) is 0 Å². The van der Waals surface area contributed by atoms with Crippen molar-refractivity contribution < 1.29 is 13.2 Å². The Labute approximate surface area is 116 Å². The number of hydrogen-bond donors (Lipinski definition) is 2. The standard InChI is InChI=1S/C11H17BrN2O3S/c1-17-9-8-13-6-7-14-18(15,16)11-4-2-10(12)3-5-11/h2-5,13-14H,6-9H2,1H3. The van der Waals surface area contributed by atoms with E-state index in [1.807, 2.05) is 0 Å². The van der Waals surface area contributed by atoms with Crippen LogP contribution < -0.4 is 10.0 Å². The molecule has 0 aliphatic carbocycles. The smallest absolute Gasteiger partial charge is 0.240 e. The van der Waals surface area contributed by atoms with Crippen molar-refractivity contribution >= 4 is 26.0 Å². The number of hydrogen-bond acceptors (Lipinski definition) is 4. The van der Waals surface area contributed by atoms with Gasteiger partial charge in [0, 0.05) is 31.2 Å². The Kier molecular flexibility index (Phi) is 6.80. The normalized spacial score (nSPS) is 11.7. The number of rotatable bonds is 8. The molecule has 0 unspecified atom stereocenters. The highest BCUT2D eigenvalue weighted by Gasteiger charge is 2.12. The van der Waals surface area contributed by atoms with Gasteiger partial charge < -0.3 is 10.1 Å². The summed E-state index contributed by atoms with van der Waals surface area (Å²) in [5.41, 5.74) is 0. The predicted molar refractivity (Wildman–Crippen MR) is 74.1 cm³/mol. The molecule has 0 bridgehead atoms. The summed E-state index contributed by atoms with van der Waals surface area (Å²) in [6.45, 7) is 2.23. The zero-order chi connectivity index (χ0) is 13.4. The van der Waals surface area contributed by atoms with Gasteiger partial charge in [-0.15, -0.1) is 0 Å². The van der Waals surface area contributed by atoms with E-state index < -0.39 is 10.0 Å². The van der Waals surface area contributed by atoms with Crippen LogP contribution in [-0.2, 0) is 14.8 Å². The first-order valence-electron chi connectivity index (χ1n) is 5.51. The van der Waals surface area contributed by atoms with E-state index in [2.05, 4.69) is 26.0 Å². The summed E-state index contributed by atoms with van der Waals surface area (Å²) in [5.74, 6) is 0. The second-order valence-corrected chi connectivity index (χ2v) is 6.28. The molecule has 1 aromatic rings. The van der Waals surface area contributed by atoms with Crippen molar-refractivity contribution in [1.29, 1.82) is 0 Å². The predicted octanol–water partition coefficient (Wildman–Crippen LogP) is 0.963. The summed E-state index contributed by atoms with van der Waals surface area (Å²) in [6, 6.07) is 6.52. The van der Waals surface area contributed by atoms with E-state index in [1.54, 1.807) is 31.4 Å². The molecule has 0 saturated heterocycles. The molecular formula is C11H17BrN2O3S. The van der Waals surface area contributed by atoms with Crippen LogP contribution in [0.15, 0.2) is 33.6 Å². The van der Waals surface area contributed by atoms with E-state index in [0.717, 1.165) is 4.47 Å². The van der Waals surface area contributed by atoms with Crippen molar-refractivity contribution in [3.63, 3.8) is 0 Å². The summed E-state index contributed by atoms with van der Waals surface area (Å²) >= 11 is 3.26. The second kappa shape index (κ2) is 7.85. The Morgan fingerprint density at radius 2 is 1.83 bits per heavy atom. The fraction of sp³-hybridized carbons (Fsp3) is 0.455. The number of nitrogens with one attached hydrogen (secondary N) is 2. The van der Waals surface area contributed by atoms with Crippen LogP contribution in [0.2, 0.25) is 0 Å². The maximum Gasteiger partial charge on any atom is 0.240 e. The molecule has 0 saturated carbocycles. The zero-order valence-electron chi connectivity index (χ0n) is 10.1. The molecule has 0 heterocycles. The monoisotopic (exact) mass is 336 g/mol. The minimum atomic E-state index is -3.41. The maximum absolute atomic E-state index is 11.9. The molecule has 0 fully saturated rings. The Balaban J connectivity index is 2.38. The van der Waals surface area contributed by atoms with Gasteiger partial charge in [0.15, 0.2) is 0 Å². The van der Waals surface area contributed by atoms with Crippen LogP contribution in [0.25, 0.3) is 0 Å². The third-order valence-corrected chi connectivity index (χ3v) is 4.21. The first-order valence-corrected chi connectivity index (χ1v) is 7.79. The minimum absolute atomic E-state index is 0.266. The molecule has 0 aromatic heterocycles. The number of methoxy groups -OCH3 is 1. The largest absolute Gasteiger partial charge is 0.383 e. The highest BCUT2D eigenvalue weighted by Crippen LogP contribution is 2.14. The van der Waals surface area contributed by atoms with Crippen molar-refractivity contribution in [2.45, 2.75) is 4.90 Å². The highest BCUT2D eigenvalue weighted by atomic mass is 79.9. The van der Waals surface area contributed by atoms with Gasteiger partial charge in [-0.25, -0.2) is 13.1 Å². The molecule has 0 aliphatic rings. The van der Waals surface area contributed by atoms with E-state index in [9.17, 15) is 8.42 Å². The van der Waals surface area contributed by atoms with E-state index >= 15 is 0 Å². The van der Waals surface area contributed by atoms with Crippen LogP contribution in [0, 0.1) is 0 Å². The van der Waals surface area contributed by atoms with Gasteiger partial charge in [0.05, 0.1) is 11.5 Å². The second-order valence-electron chi connectivity index (χ2n) is 3.59. The summed E-state index contributed by atoms with van der Waals surface area (Å²) in [4.78, 5) is 0.266. The minimum Gasteiger partial charge on any atom is -0.383 e. The lowest BCUT2D eigenvalue weighted by Crippen LogP contribution is -2.33. The zero-order valence-corrected chi connectivity index (χ0v) is 12.6. The summed E-state index contributed by atoms with van der Waals surface area (Å²) in [5, 5.41) is 3.06. The molecule has 5 nitrogen and oxygen atoms in total. The van der Waals surface area contributed by atoms with Gasteiger partial charge in [0.1, 0.15) is 0 Å². The molecule has 0 atom stereocenters. The Morgan fingerprint density at radius 3 is 2.44 bits per heavy atom. The molecule has 1 aromatic carbocycles. The van der Waals surface area contributed by atoms with Crippen LogP contribution >= 0.6 is 15.9 Å². The SMILES string of the molecule is COCCNCCNS(=O)(=O)c1ccc(Br)cc1. The van der Waals surface area contributed by atoms with Crippen molar-refractivity contribution in [2.75, 3.05) is 33.4 Å². The van der Waals surface area contributed by atoms with E-state index in [0.29, 0.717) is 26.2 Å². The molecule has 0 aliphatic heterocycles. The van der Waals surface area contributed by atoms with Gasteiger partial charge in [0.25, 0.3) is 0 Å². The lowest BCUT2D eigenvalue weighted by Gasteiger charge is -2.07. The number of halogens is 1. The first-order chi connectivity index (χ1) is 8.56. The Hall–Kier alpha value is -0.470. The summed E-state index contributed by atoms with van der Waals surface area (Å²) in [6.07, 6.45) is 0. The van der Waals surface area contributed by atoms with Crippen LogP contribution in [0.5, 0.6) is 0 Å². The third-order valence-electron chi connectivity index (χ3n) is 2.20. The van der Waals surface area contributed by atoms with Gasteiger partial charge in [-0.05, 0) is 24.3 Å². The van der Waals surface area contributed by atoms with Crippen LogP contribution in [0.1, 0.15) is 0 Å². The number of ether oxygens (including phenoxy) is 1. The molecule has 0 amide bonds. The van der Waals surface area contributed by atoms with Gasteiger partial charge in [0.2, 0.25) is 10.0 Å². The fourth-order valence-electron chi connectivity index (χ4n) is 1.27. The summed E-state index contributed by atoms with van der Waals surface area (Å²) < 4.78 is 31.9. The van der Waals surface area contributed by atoms with E-state index in [-0.39, 0.29) is 4.90 Å². The Morgan fingerprint density at radius 1 is 1.17 bits per heavy atom. The van der Waals surface area contributed by atoms with Crippen molar-refractivity contribution in [1.82, 2.24) is 10.0 Å². The first kappa shape index (κ1) is 15.6. The molecule has 102 valence electrons. The van der Waals surface area contributed by atoms with Gasteiger partial charge in [-0.1, -0.05) is 15.9 Å². The van der Waals surface area contributed by atoms with E-state index in [1.165, 1.54) is 0 Å². The molecular weight excluding hydrogens is 320 g/mol.